The number of carbonyl (C=O) groups is 1. The Labute approximate surface area is 227 Å². The fourth-order valence-corrected chi connectivity index (χ4v) is 4.12. The van der Waals surface area contributed by atoms with Crippen LogP contribution < -0.4 is 24.8 Å². The lowest BCUT2D eigenvalue weighted by Gasteiger charge is -2.20. The van der Waals surface area contributed by atoms with Crippen LogP contribution in [-0.4, -0.2) is 41.6 Å². The molecule has 1 amide bonds. The molecule has 202 valence electrons. The Balaban J connectivity index is 1.77. The zero-order valence-corrected chi connectivity index (χ0v) is 23.7. The van der Waals surface area contributed by atoms with Crippen molar-refractivity contribution in [3.05, 3.63) is 40.4 Å². The highest BCUT2D eigenvalue weighted by Gasteiger charge is 2.22. The fraction of sp³-hybridized carbons (Fsp3) is 0.444. The molecule has 38 heavy (non-hydrogen) atoms. The van der Waals surface area contributed by atoms with E-state index in [1.165, 1.54) is 14.2 Å². The predicted molar refractivity (Wildman–Crippen MR) is 148 cm³/mol. The molecule has 0 atom stereocenters. The normalized spacial score (nSPS) is 11.1. The second-order valence-electron chi connectivity index (χ2n) is 10.0. The Morgan fingerprint density at radius 3 is 2.39 bits per heavy atom. The third-order valence-electron chi connectivity index (χ3n) is 5.59. The molecule has 0 aliphatic heterocycles. The van der Waals surface area contributed by atoms with Crippen LogP contribution in [-0.2, 0) is 5.41 Å². The lowest BCUT2D eigenvalue weighted by atomic mass is 9.86. The molecule has 0 unspecified atom stereocenters. The van der Waals surface area contributed by atoms with Crippen molar-refractivity contribution in [2.45, 2.75) is 52.9 Å². The topological polar surface area (TPSA) is 131 Å². The van der Waals surface area contributed by atoms with E-state index >= 15 is 0 Å². The number of hydrogen-bond acceptors (Lipinski definition) is 10. The van der Waals surface area contributed by atoms with E-state index in [9.17, 15) is 10.1 Å². The van der Waals surface area contributed by atoms with Crippen LogP contribution >= 0.6 is 11.3 Å². The Morgan fingerprint density at radius 2 is 1.82 bits per heavy atom. The summed E-state index contributed by atoms with van der Waals surface area (Å²) in [5.74, 6) is 1.13. The van der Waals surface area contributed by atoms with Crippen LogP contribution in [0.3, 0.4) is 0 Å². The molecule has 2 N–H and O–H groups in total. The molecule has 10 nitrogen and oxygen atoms in total. The van der Waals surface area contributed by atoms with Crippen molar-refractivity contribution in [3.63, 3.8) is 0 Å². The Hall–Kier alpha value is -3.91. The number of carbonyl (C=O) groups excluding carboxylic acids is 1. The first-order chi connectivity index (χ1) is 18.0. The molecule has 0 saturated heterocycles. The van der Waals surface area contributed by atoms with Gasteiger partial charge >= 0.3 is 0 Å². The molecule has 0 saturated carbocycles. The first-order valence-corrected chi connectivity index (χ1v) is 13.2. The van der Waals surface area contributed by atoms with Crippen molar-refractivity contribution in [2.75, 3.05) is 31.4 Å². The first-order valence-electron chi connectivity index (χ1n) is 12.3. The number of ether oxygens (including phenoxy) is 3. The highest BCUT2D eigenvalue weighted by molar-refractivity contribution is 7.11. The predicted octanol–water partition coefficient (Wildman–Crippen LogP) is 6.01. The van der Waals surface area contributed by atoms with Crippen LogP contribution in [0.25, 0.3) is 0 Å². The van der Waals surface area contributed by atoms with E-state index in [1.54, 1.807) is 11.4 Å². The van der Waals surface area contributed by atoms with Gasteiger partial charge in [0.1, 0.15) is 17.5 Å². The van der Waals surface area contributed by atoms with E-state index in [4.69, 9.17) is 14.2 Å². The van der Waals surface area contributed by atoms with Gasteiger partial charge in [-0.25, -0.2) is 0 Å². The minimum absolute atomic E-state index is 0.121. The molecular weight excluding hydrogens is 504 g/mol. The number of benzene rings is 1. The molecule has 1 aromatic carbocycles. The van der Waals surface area contributed by atoms with E-state index in [2.05, 4.69) is 66.3 Å². The van der Waals surface area contributed by atoms with Gasteiger partial charge in [0.05, 0.1) is 19.8 Å². The number of thiazole rings is 1. The van der Waals surface area contributed by atoms with Crippen molar-refractivity contribution in [2.24, 2.45) is 5.92 Å². The number of methoxy groups -OCH3 is 2. The van der Waals surface area contributed by atoms with E-state index in [-0.39, 0.29) is 33.7 Å². The number of rotatable bonds is 11. The number of hydrogen-bond donors (Lipinski definition) is 2. The van der Waals surface area contributed by atoms with Crippen LogP contribution in [0.4, 0.5) is 11.6 Å². The largest absolute Gasteiger partial charge is 0.479 e. The molecule has 3 aromatic rings. The maximum atomic E-state index is 13.0. The Morgan fingerprint density at radius 1 is 1.13 bits per heavy atom. The summed E-state index contributed by atoms with van der Waals surface area (Å²) < 4.78 is 16.7. The lowest BCUT2D eigenvalue weighted by Crippen LogP contribution is -2.16. The smallest absolute Gasteiger partial charge is 0.279 e. The molecule has 0 fully saturated rings. The molecule has 0 spiro atoms. The van der Waals surface area contributed by atoms with Gasteiger partial charge in [0, 0.05) is 11.9 Å². The van der Waals surface area contributed by atoms with Crippen molar-refractivity contribution >= 4 is 28.9 Å². The summed E-state index contributed by atoms with van der Waals surface area (Å²) in [6.45, 7) is 11.3. The van der Waals surface area contributed by atoms with Gasteiger partial charge in [-0.15, -0.1) is 0 Å². The lowest BCUT2D eigenvalue weighted by molar-refractivity contribution is 0.102. The molecule has 2 heterocycles. The van der Waals surface area contributed by atoms with Gasteiger partial charge in [-0.1, -0.05) is 52.0 Å². The van der Waals surface area contributed by atoms with Crippen molar-refractivity contribution < 1.29 is 19.0 Å². The quantitative estimate of drug-likeness (QED) is 0.282. The second kappa shape index (κ2) is 12.6. The van der Waals surface area contributed by atoms with Gasteiger partial charge in [-0.2, -0.15) is 20.2 Å². The minimum Gasteiger partial charge on any atom is -0.479 e. The molecule has 3 rings (SSSR count). The van der Waals surface area contributed by atoms with Crippen LogP contribution in [0.15, 0.2) is 23.6 Å². The van der Waals surface area contributed by atoms with E-state index in [0.29, 0.717) is 29.7 Å². The molecule has 11 heteroatoms. The van der Waals surface area contributed by atoms with Gasteiger partial charge in [0.15, 0.2) is 5.69 Å². The highest BCUT2D eigenvalue weighted by Crippen LogP contribution is 2.35. The highest BCUT2D eigenvalue weighted by atomic mass is 32.1. The molecule has 0 bridgehead atoms. The van der Waals surface area contributed by atoms with E-state index in [1.807, 2.05) is 12.1 Å². The Kier molecular flexibility index (Phi) is 9.47. The monoisotopic (exact) mass is 538 g/mol. The number of nitrogens with zero attached hydrogens (tertiary/aromatic N) is 4. The summed E-state index contributed by atoms with van der Waals surface area (Å²) in [5, 5.41) is 17.2. The first kappa shape index (κ1) is 28.7. The van der Waals surface area contributed by atoms with E-state index < -0.39 is 5.91 Å². The van der Waals surface area contributed by atoms with Crippen molar-refractivity contribution in [3.8, 4) is 28.8 Å². The number of aromatic nitrogens is 3. The molecule has 0 aliphatic rings. The second-order valence-corrected chi connectivity index (χ2v) is 10.9. The average molecular weight is 539 g/mol. The van der Waals surface area contributed by atoms with Crippen molar-refractivity contribution in [1.82, 2.24) is 15.0 Å². The third-order valence-corrected chi connectivity index (χ3v) is 6.31. The van der Waals surface area contributed by atoms with E-state index in [0.717, 1.165) is 29.7 Å². The summed E-state index contributed by atoms with van der Waals surface area (Å²) in [5.41, 5.74) is 1.57. The molecule has 2 aromatic heterocycles. The maximum absolute atomic E-state index is 13.0. The standard InChI is InChI=1S/C27H34N6O4S/c1-16(2)9-8-12-29-25-32-23(35-6)21(24(33-25)36-7)31-22(34)19-15-38-26(30-19)37-20-13-18(27(3,4)5)11-10-17(20)14-28/h10-11,13,15-16H,8-9,12H2,1-7H3,(H,31,34)(H,29,32,33). The minimum atomic E-state index is -0.516. The molecule has 0 aliphatic carbocycles. The zero-order chi connectivity index (χ0) is 27.9. The average Bonchev–Trinajstić information content (AvgIpc) is 3.35. The maximum Gasteiger partial charge on any atom is 0.279 e. The third kappa shape index (κ3) is 7.32. The van der Waals surface area contributed by atoms with Crippen LogP contribution in [0.1, 0.15) is 69.1 Å². The Bertz CT molecular complexity index is 1280. The molecular formula is C27H34N6O4S. The van der Waals surface area contributed by atoms with Gasteiger partial charge in [-0.3, -0.25) is 4.79 Å². The summed E-state index contributed by atoms with van der Waals surface area (Å²) >= 11 is 1.14. The molecule has 0 radical (unpaired) electrons. The number of nitriles is 1. The fourth-order valence-electron chi connectivity index (χ4n) is 3.46. The summed E-state index contributed by atoms with van der Waals surface area (Å²) in [7, 11) is 2.90. The SMILES string of the molecule is COc1nc(NCCCC(C)C)nc(OC)c1NC(=O)c1csc(Oc2cc(C(C)(C)C)ccc2C#N)n1. The van der Waals surface area contributed by atoms with Gasteiger partial charge in [0.25, 0.3) is 11.1 Å². The summed E-state index contributed by atoms with van der Waals surface area (Å²) in [6, 6.07) is 7.58. The number of nitrogens with one attached hydrogen (secondary N) is 2. The zero-order valence-electron chi connectivity index (χ0n) is 22.8. The number of amides is 1. The van der Waals surface area contributed by atoms with Gasteiger partial charge in [-0.05, 0) is 41.9 Å². The van der Waals surface area contributed by atoms with Gasteiger partial charge in [0.2, 0.25) is 17.7 Å². The van der Waals surface area contributed by atoms with Crippen LogP contribution in [0.5, 0.6) is 22.7 Å². The van der Waals surface area contributed by atoms with Crippen LogP contribution in [0, 0.1) is 17.2 Å². The van der Waals surface area contributed by atoms with Crippen LogP contribution in [0.2, 0.25) is 0 Å². The summed E-state index contributed by atoms with van der Waals surface area (Å²) in [6.07, 6.45) is 2.04. The van der Waals surface area contributed by atoms with Crippen molar-refractivity contribution in [1.29, 1.82) is 5.26 Å². The summed E-state index contributed by atoms with van der Waals surface area (Å²) in [4.78, 5) is 26.0. The van der Waals surface area contributed by atoms with Gasteiger partial charge < -0.3 is 24.8 Å². The number of anilines is 2.